The van der Waals surface area contributed by atoms with Crippen molar-refractivity contribution in [2.24, 2.45) is 0 Å². The van der Waals surface area contributed by atoms with Crippen LogP contribution in [-0.4, -0.2) is 27.8 Å². The quantitative estimate of drug-likeness (QED) is 0.652. The zero-order chi connectivity index (χ0) is 15.5. The van der Waals surface area contributed by atoms with Crippen LogP contribution in [0.15, 0.2) is 16.9 Å². The third-order valence-electron chi connectivity index (χ3n) is 4.40. The van der Waals surface area contributed by atoms with Crippen LogP contribution in [0, 0.1) is 0 Å². The van der Waals surface area contributed by atoms with Crippen molar-refractivity contribution in [2.75, 3.05) is 6.54 Å². The van der Waals surface area contributed by atoms with Gasteiger partial charge < -0.3 is 20.5 Å². The minimum atomic E-state index is -0.683. The Morgan fingerprint density at radius 2 is 2.00 bits per heavy atom. The fraction of sp³-hybridized carbons (Fsp3) is 0.562. The molecular weight excluding hydrogens is 300 g/mol. The Labute approximate surface area is 133 Å². The molecule has 1 heterocycles. The number of aromatic nitrogens is 1. The average Bonchev–Trinajstić information content (AvgIpc) is 2.73. The number of aliphatic hydroxyl groups is 1. The van der Waals surface area contributed by atoms with Gasteiger partial charge in [0.15, 0.2) is 0 Å². The number of thiazole rings is 1. The molecule has 3 rings (SSSR count). The van der Waals surface area contributed by atoms with Crippen LogP contribution in [0.1, 0.15) is 50.2 Å². The summed E-state index contributed by atoms with van der Waals surface area (Å²) in [4.78, 5) is 13.9. The number of aliphatic hydroxyl groups excluding tert-OH is 1. The van der Waals surface area contributed by atoms with Crippen molar-refractivity contribution in [2.45, 2.75) is 50.7 Å². The molecule has 4 N–H and O–H groups in total. The fourth-order valence-corrected chi connectivity index (χ4v) is 4.09. The van der Waals surface area contributed by atoms with Crippen molar-refractivity contribution < 1.29 is 10.2 Å². The summed E-state index contributed by atoms with van der Waals surface area (Å²) in [6.45, 7) is 0.469. The van der Waals surface area contributed by atoms with E-state index in [0.717, 1.165) is 24.2 Å². The van der Waals surface area contributed by atoms with Gasteiger partial charge in [0.2, 0.25) is 0 Å². The van der Waals surface area contributed by atoms with Crippen LogP contribution in [0.25, 0.3) is 10.2 Å². The molecule has 1 aliphatic rings. The molecule has 0 saturated heterocycles. The third kappa shape index (κ3) is 3.34. The van der Waals surface area contributed by atoms with Gasteiger partial charge in [-0.25, -0.2) is 0 Å². The minimum Gasteiger partial charge on any atom is -0.506 e. The van der Waals surface area contributed by atoms with Crippen LogP contribution in [0.5, 0.6) is 5.75 Å². The topological polar surface area (TPSA) is 85.4 Å². The molecule has 0 aliphatic heterocycles. The van der Waals surface area contributed by atoms with E-state index < -0.39 is 6.10 Å². The Morgan fingerprint density at radius 1 is 1.27 bits per heavy atom. The van der Waals surface area contributed by atoms with E-state index >= 15 is 0 Å². The van der Waals surface area contributed by atoms with Gasteiger partial charge in [-0.1, -0.05) is 43.1 Å². The van der Waals surface area contributed by atoms with E-state index in [4.69, 9.17) is 0 Å². The number of nitrogens with one attached hydrogen (secondary N) is 2. The van der Waals surface area contributed by atoms with Crippen LogP contribution < -0.4 is 10.2 Å². The molecule has 1 aromatic carbocycles. The van der Waals surface area contributed by atoms with Gasteiger partial charge in [0.1, 0.15) is 11.3 Å². The highest BCUT2D eigenvalue weighted by Crippen LogP contribution is 2.31. The molecular formula is C16H22N2O3S. The van der Waals surface area contributed by atoms with Gasteiger partial charge in [-0.15, -0.1) is 0 Å². The second-order valence-electron chi connectivity index (χ2n) is 6.01. The number of fused-ring (bicyclic) bond motifs is 1. The third-order valence-corrected chi connectivity index (χ3v) is 5.33. The van der Waals surface area contributed by atoms with E-state index in [1.165, 1.54) is 31.7 Å². The van der Waals surface area contributed by atoms with E-state index in [1.54, 1.807) is 6.07 Å². The van der Waals surface area contributed by atoms with Crippen molar-refractivity contribution in [1.29, 1.82) is 0 Å². The summed E-state index contributed by atoms with van der Waals surface area (Å²) in [5, 5.41) is 23.7. The first-order valence-corrected chi connectivity index (χ1v) is 8.73. The largest absolute Gasteiger partial charge is 0.506 e. The number of aromatic hydroxyl groups is 1. The van der Waals surface area contributed by atoms with E-state index in [0.29, 0.717) is 28.4 Å². The Bertz CT molecular complexity index is 686. The summed E-state index contributed by atoms with van der Waals surface area (Å²) >= 11 is 1.03. The molecule has 5 nitrogen and oxygen atoms in total. The summed E-state index contributed by atoms with van der Waals surface area (Å²) in [5.74, 6) is 0.0426. The first kappa shape index (κ1) is 15.5. The summed E-state index contributed by atoms with van der Waals surface area (Å²) in [6.07, 6.45) is 6.74. The monoisotopic (exact) mass is 322 g/mol. The van der Waals surface area contributed by atoms with Gasteiger partial charge in [0.25, 0.3) is 0 Å². The summed E-state index contributed by atoms with van der Waals surface area (Å²) in [6, 6.07) is 3.69. The average molecular weight is 322 g/mol. The lowest BCUT2D eigenvalue weighted by Gasteiger charge is -2.19. The van der Waals surface area contributed by atoms with Gasteiger partial charge in [-0.05, 0) is 18.9 Å². The fourth-order valence-electron chi connectivity index (χ4n) is 3.17. The number of benzene rings is 1. The molecule has 0 spiro atoms. The molecule has 0 radical (unpaired) electrons. The van der Waals surface area contributed by atoms with Crippen molar-refractivity contribution in [3.63, 3.8) is 0 Å². The molecule has 0 bridgehead atoms. The standard InChI is InChI=1S/C16H22N2O3S/c19-12-8-7-11(15-14(12)18-16(21)22-15)13(20)9-17-10-5-3-1-2-4-6-10/h7-8,10,13,17,19-20H,1-6,9H2,(H,18,21)/t13-/m0/s1. The number of phenolic OH excluding ortho intramolecular Hbond substituents is 1. The highest BCUT2D eigenvalue weighted by atomic mass is 32.1. The Hall–Kier alpha value is -1.37. The maximum atomic E-state index is 11.5. The lowest BCUT2D eigenvalue weighted by atomic mass is 10.1. The highest BCUT2D eigenvalue weighted by Gasteiger charge is 2.18. The van der Waals surface area contributed by atoms with E-state index in [2.05, 4.69) is 10.3 Å². The molecule has 1 aliphatic carbocycles. The normalized spacial score (nSPS) is 18.4. The zero-order valence-corrected chi connectivity index (χ0v) is 13.3. The molecule has 22 heavy (non-hydrogen) atoms. The van der Waals surface area contributed by atoms with E-state index in [1.807, 2.05) is 0 Å². The van der Waals surface area contributed by atoms with Crippen LogP contribution in [0.2, 0.25) is 0 Å². The van der Waals surface area contributed by atoms with Crippen LogP contribution in [-0.2, 0) is 0 Å². The SMILES string of the molecule is O=c1[nH]c2c(O)ccc([C@@H](O)CNC3CCCCCC3)c2s1. The van der Waals surface area contributed by atoms with Gasteiger partial charge >= 0.3 is 4.87 Å². The molecule has 1 atom stereocenters. The van der Waals surface area contributed by atoms with Crippen molar-refractivity contribution in [3.05, 3.63) is 27.4 Å². The van der Waals surface area contributed by atoms with Crippen molar-refractivity contribution in [1.82, 2.24) is 10.3 Å². The Balaban J connectivity index is 1.73. The molecule has 0 unspecified atom stereocenters. The highest BCUT2D eigenvalue weighted by molar-refractivity contribution is 7.16. The lowest BCUT2D eigenvalue weighted by molar-refractivity contribution is 0.169. The summed E-state index contributed by atoms with van der Waals surface area (Å²) in [7, 11) is 0. The van der Waals surface area contributed by atoms with E-state index in [9.17, 15) is 15.0 Å². The zero-order valence-electron chi connectivity index (χ0n) is 12.5. The van der Waals surface area contributed by atoms with Crippen LogP contribution >= 0.6 is 11.3 Å². The molecule has 2 aromatic rings. The first-order valence-electron chi connectivity index (χ1n) is 7.91. The van der Waals surface area contributed by atoms with Gasteiger partial charge in [-0.3, -0.25) is 4.79 Å². The number of hydrogen-bond acceptors (Lipinski definition) is 5. The summed E-state index contributed by atoms with van der Waals surface area (Å²) < 4.78 is 0.639. The predicted molar refractivity (Wildman–Crippen MR) is 88.6 cm³/mol. The van der Waals surface area contributed by atoms with Gasteiger partial charge in [0, 0.05) is 18.2 Å². The Morgan fingerprint density at radius 3 is 2.73 bits per heavy atom. The molecule has 1 fully saturated rings. The first-order chi connectivity index (χ1) is 10.6. The van der Waals surface area contributed by atoms with Crippen LogP contribution in [0.4, 0.5) is 0 Å². The minimum absolute atomic E-state index is 0.0426. The number of hydrogen-bond donors (Lipinski definition) is 4. The van der Waals surface area contributed by atoms with E-state index in [-0.39, 0.29) is 10.6 Å². The number of phenols is 1. The molecule has 6 heteroatoms. The lowest BCUT2D eigenvalue weighted by Crippen LogP contribution is -2.32. The number of rotatable bonds is 4. The maximum Gasteiger partial charge on any atom is 0.305 e. The van der Waals surface area contributed by atoms with Crippen molar-refractivity contribution in [3.8, 4) is 5.75 Å². The molecule has 1 aromatic heterocycles. The van der Waals surface area contributed by atoms with Gasteiger partial charge in [0.05, 0.1) is 10.8 Å². The number of H-pyrrole nitrogens is 1. The predicted octanol–water partition coefficient (Wildman–Crippen LogP) is 2.64. The number of aromatic amines is 1. The molecule has 0 amide bonds. The second kappa shape index (κ2) is 6.81. The van der Waals surface area contributed by atoms with Crippen molar-refractivity contribution >= 4 is 21.6 Å². The second-order valence-corrected chi connectivity index (χ2v) is 6.99. The Kier molecular flexibility index (Phi) is 4.81. The van der Waals surface area contributed by atoms with Crippen LogP contribution in [0.3, 0.4) is 0 Å². The molecule has 120 valence electrons. The maximum absolute atomic E-state index is 11.5. The smallest absolute Gasteiger partial charge is 0.305 e. The molecule has 1 saturated carbocycles. The van der Waals surface area contributed by atoms with Gasteiger partial charge in [-0.2, -0.15) is 0 Å². The summed E-state index contributed by atoms with van der Waals surface area (Å²) in [5.41, 5.74) is 1.11.